The van der Waals surface area contributed by atoms with Gasteiger partial charge in [-0.05, 0) is 24.3 Å². The molecule has 0 bridgehead atoms. The van der Waals surface area contributed by atoms with E-state index in [-0.39, 0.29) is 11.5 Å². The molecule has 10 nitrogen and oxygen atoms in total. The van der Waals surface area contributed by atoms with E-state index in [1.807, 2.05) is 0 Å². The minimum atomic E-state index is -5.12. The molecule has 2 heterocycles. The van der Waals surface area contributed by atoms with Crippen LogP contribution in [0.4, 0.5) is 0 Å². The first-order valence-corrected chi connectivity index (χ1v) is 14.5. The van der Waals surface area contributed by atoms with Crippen molar-refractivity contribution in [3.05, 3.63) is 72.8 Å². The van der Waals surface area contributed by atoms with Crippen molar-refractivity contribution in [2.24, 2.45) is 0 Å². The van der Waals surface area contributed by atoms with Crippen LogP contribution in [0.5, 0.6) is 11.5 Å². The van der Waals surface area contributed by atoms with Crippen molar-refractivity contribution in [1.82, 2.24) is 9.97 Å². The maximum atomic E-state index is 11.8. The van der Waals surface area contributed by atoms with Crippen molar-refractivity contribution >= 4 is 96.7 Å². The predicted molar refractivity (Wildman–Crippen MR) is 148 cm³/mol. The molecule has 0 aliphatic carbocycles. The van der Waals surface area contributed by atoms with Crippen molar-refractivity contribution in [3.8, 4) is 11.5 Å². The molecular weight excluding hydrogens is 556 g/mol. The molecule has 0 fully saturated rings. The van der Waals surface area contributed by atoms with Crippen LogP contribution in [0.25, 0.3) is 75.9 Å². The Labute approximate surface area is 225 Å². The monoisotopic (exact) mass is 568 g/mol. The highest BCUT2D eigenvalue weighted by atomic mass is 32.3. The second-order valence-electron chi connectivity index (χ2n) is 9.42. The van der Waals surface area contributed by atoms with Gasteiger partial charge in [0.05, 0.1) is 22.1 Å². The normalized spacial score (nSPS) is 13.2. The molecule has 0 saturated heterocycles. The van der Waals surface area contributed by atoms with Gasteiger partial charge in [-0.3, -0.25) is 0 Å². The number of rotatable bonds is 4. The van der Waals surface area contributed by atoms with Crippen LogP contribution in [0.3, 0.4) is 0 Å². The molecule has 40 heavy (non-hydrogen) atoms. The Morgan fingerprint density at radius 3 is 1.23 bits per heavy atom. The van der Waals surface area contributed by atoms with Crippen molar-refractivity contribution in [1.29, 1.82) is 0 Å². The molecule has 0 spiro atoms. The number of fused-ring (bicyclic) bond motifs is 4. The molecular formula is C28H12N2O8S2-2. The number of pyridine rings is 2. The lowest BCUT2D eigenvalue weighted by Gasteiger charge is -2.21. The molecule has 2 aromatic heterocycles. The Hall–Kier alpha value is -4.62. The van der Waals surface area contributed by atoms with Crippen LogP contribution in [-0.2, 0) is 20.8 Å². The van der Waals surface area contributed by atoms with Gasteiger partial charge in [-0.25, -0.2) is 26.8 Å². The van der Waals surface area contributed by atoms with E-state index in [4.69, 9.17) is 18.3 Å². The third-order valence-corrected chi connectivity index (χ3v) is 8.01. The van der Waals surface area contributed by atoms with Gasteiger partial charge in [-0.1, -0.05) is 48.5 Å². The van der Waals surface area contributed by atoms with Gasteiger partial charge >= 0.3 is 0 Å². The highest BCUT2D eigenvalue weighted by Crippen LogP contribution is 2.49. The maximum absolute atomic E-state index is 11.8. The summed E-state index contributed by atoms with van der Waals surface area (Å²) in [6.07, 6.45) is 0. The Balaban J connectivity index is 1.68. The molecule has 0 radical (unpaired) electrons. The highest BCUT2D eigenvalue weighted by Gasteiger charge is 2.25. The third kappa shape index (κ3) is 3.15. The van der Waals surface area contributed by atoms with E-state index in [9.17, 15) is 25.9 Å². The van der Waals surface area contributed by atoms with Crippen molar-refractivity contribution in [2.45, 2.75) is 0 Å². The smallest absolute Gasteiger partial charge is 0.262 e. The van der Waals surface area contributed by atoms with Crippen LogP contribution in [0.15, 0.2) is 72.8 Å². The first-order valence-electron chi connectivity index (χ1n) is 11.9. The molecule has 6 aromatic carbocycles. The molecule has 8 aromatic rings. The quantitative estimate of drug-likeness (QED) is 0.121. The summed E-state index contributed by atoms with van der Waals surface area (Å²) in [5.74, 6) is -0.243. The predicted octanol–water partition coefficient (Wildman–Crippen LogP) is 5.10. The zero-order chi connectivity index (χ0) is 27.6. The largest absolute Gasteiger partial charge is 0.716 e. The summed E-state index contributed by atoms with van der Waals surface area (Å²) in [5, 5.41) is 4.89. The number of aromatic nitrogens is 2. The SMILES string of the molecule is O=S(=O)([O-])Oc1c2ccccc2c2nc3ccc4c(OS(=O)(=O)[O-])c5ccccc5c5nc6ccc1c2c6c3c45. The fourth-order valence-corrected chi connectivity index (χ4v) is 6.71. The second kappa shape index (κ2) is 7.52. The number of hydrogen-bond acceptors (Lipinski definition) is 10. The summed E-state index contributed by atoms with van der Waals surface area (Å²) in [4.78, 5) is 9.90. The Morgan fingerprint density at radius 2 is 0.850 bits per heavy atom. The maximum Gasteiger partial charge on any atom is 0.262 e. The first kappa shape index (κ1) is 23.3. The van der Waals surface area contributed by atoms with Crippen LogP contribution < -0.4 is 8.37 Å². The lowest BCUT2D eigenvalue weighted by atomic mass is 9.90. The van der Waals surface area contributed by atoms with Crippen molar-refractivity contribution in [2.75, 3.05) is 0 Å². The van der Waals surface area contributed by atoms with E-state index in [1.54, 1.807) is 72.8 Å². The summed E-state index contributed by atoms with van der Waals surface area (Å²) in [5.41, 5.74) is 2.21. The molecule has 12 heteroatoms. The van der Waals surface area contributed by atoms with Crippen LogP contribution in [0.1, 0.15) is 0 Å². The Kier molecular flexibility index (Phi) is 4.38. The van der Waals surface area contributed by atoms with Gasteiger partial charge in [0.2, 0.25) is 0 Å². The minimum Gasteiger partial charge on any atom is -0.716 e. The van der Waals surface area contributed by atoms with E-state index in [0.717, 1.165) is 0 Å². The van der Waals surface area contributed by atoms with Gasteiger partial charge < -0.3 is 17.5 Å². The van der Waals surface area contributed by atoms with E-state index >= 15 is 0 Å². The molecule has 0 atom stereocenters. The fourth-order valence-electron chi connectivity index (χ4n) is 5.94. The average molecular weight is 569 g/mol. The van der Waals surface area contributed by atoms with Gasteiger partial charge in [0, 0.05) is 53.9 Å². The zero-order valence-electron chi connectivity index (χ0n) is 19.9. The minimum absolute atomic E-state index is 0.122. The fraction of sp³-hybridized carbons (Fsp3) is 0. The molecule has 0 aliphatic heterocycles. The third-order valence-electron chi connectivity index (χ3n) is 7.27. The summed E-state index contributed by atoms with van der Waals surface area (Å²) in [7, 11) is -10.2. The first-order chi connectivity index (χ1) is 19.1. The molecule has 8 rings (SSSR count). The zero-order valence-corrected chi connectivity index (χ0v) is 21.5. The van der Waals surface area contributed by atoms with E-state index in [0.29, 0.717) is 75.9 Å². The van der Waals surface area contributed by atoms with Gasteiger partial charge in [0.15, 0.2) is 11.5 Å². The number of hydrogen-bond donors (Lipinski definition) is 0. The standard InChI is InChI=1S/C28H14N2O8S2/c31-39(32,33)37-27-15-7-3-1-5-13(15)25-21-17(27)9-12-20-23(21)24-19(29-25)11-10-18-22(24)26(30-20)14-6-2-4-8-16(14)28(18)38-40(34,35)36/h1-12H,(H,31,32,33)(H,34,35,36)/p-2. The molecule has 0 aliphatic rings. The summed E-state index contributed by atoms with van der Waals surface area (Å²) >= 11 is 0. The average Bonchev–Trinajstić information content (AvgIpc) is 2.91. The van der Waals surface area contributed by atoms with Crippen molar-refractivity contribution < 1.29 is 34.3 Å². The molecule has 0 unspecified atom stereocenters. The summed E-state index contributed by atoms with van der Waals surface area (Å²) in [6.45, 7) is 0. The van der Waals surface area contributed by atoms with Crippen LogP contribution in [0.2, 0.25) is 0 Å². The Bertz CT molecular complexity index is 2420. The van der Waals surface area contributed by atoms with E-state index in [1.165, 1.54) is 0 Å². The van der Waals surface area contributed by atoms with E-state index in [2.05, 4.69) is 0 Å². The molecule has 0 saturated carbocycles. The second-order valence-corrected chi connectivity index (χ2v) is 11.4. The molecule has 196 valence electrons. The van der Waals surface area contributed by atoms with Crippen LogP contribution >= 0.6 is 0 Å². The summed E-state index contributed by atoms with van der Waals surface area (Å²) in [6, 6.07) is 20.4. The summed E-state index contributed by atoms with van der Waals surface area (Å²) < 4.78 is 80.5. The van der Waals surface area contributed by atoms with Crippen LogP contribution in [-0.4, -0.2) is 35.9 Å². The van der Waals surface area contributed by atoms with Crippen molar-refractivity contribution in [3.63, 3.8) is 0 Å². The van der Waals surface area contributed by atoms with E-state index < -0.39 is 20.8 Å². The topological polar surface area (TPSA) is 159 Å². The van der Waals surface area contributed by atoms with Gasteiger partial charge in [-0.15, -0.1) is 0 Å². The lowest BCUT2D eigenvalue weighted by molar-refractivity contribution is 0.373. The Morgan fingerprint density at radius 1 is 0.475 bits per heavy atom. The molecule has 0 amide bonds. The molecule has 0 N–H and O–H groups in total. The van der Waals surface area contributed by atoms with Gasteiger partial charge in [0.25, 0.3) is 20.8 Å². The van der Waals surface area contributed by atoms with Gasteiger partial charge in [-0.2, -0.15) is 0 Å². The van der Waals surface area contributed by atoms with Gasteiger partial charge in [0.1, 0.15) is 0 Å². The lowest BCUT2D eigenvalue weighted by Crippen LogP contribution is -2.09. The highest BCUT2D eigenvalue weighted by molar-refractivity contribution is 7.81. The number of benzene rings is 6. The van der Waals surface area contributed by atoms with Crippen LogP contribution in [0, 0.1) is 0 Å². The number of nitrogens with zero attached hydrogens (tertiary/aromatic N) is 2.